The summed E-state index contributed by atoms with van der Waals surface area (Å²) in [5.41, 5.74) is 8.31. The van der Waals surface area contributed by atoms with Crippen LogP contribution in [0.2, 0.25) is 0 Å². The number of nitrogens with zero attached hydrogens (tertiary/aromatic N) is 1. The summed E-state index contributed by atoms with van der Waals surface area (Å²) in [6, 6.07) is 6.05. The molecule has 2 rings (SSSR count). The minimum atomic E-state index is -0.402. The lowest BCUT2D eigenvalue weighted by Gasteiger charge is -2.17. The quantitative estimate of drug-likeness (QED) is 0.824. The fourth-order valence-corrected chi connectivity index (χ4v) is 2.01. The molecule has 3 N–H and O–H groups in total. The second-order valence-electron chi connectivity index (χ2n) is 5.16. The SMILES string of the molecule is CC(N)CCN(C)CCc1ccc2oc(=O)[nH]c2c1. The summed E-state index contributed by atoms with van der Waals surface area (Å²) in [6.07, 6.45) is 1.95. The number of hydrogen-bond donors (Lipinski definition) is 2. The average molecular weight is 263 g/mol. The molecule has 0 spiro atoms. The molecule has 0 saturated carbocycles. The Bertz CT molecular complexity index is 586. The van der Waals surface area contributed by atoms with Crippen molar-refractivity contribution in [1.29, 1.82) is 0 Å². The normalized spacial score (nSPS) is 13.3. The summed E-state index contributed by atoms with van der Waals surface area (Å²) in [4.78, 5) is 16.0. The number of benzene rings is 1. The summed E-state index contributed by atoms with van der Waals surface area (Å²) in [6.45, 7) is 4.00. The number of nitrogens with two attached hydrogens (primary N) is 1. The van der Waals surface area contributed by atoms with Gasteiger partial charge < -0.3 is 15.1 Å². The first kappa shape index (κ1) is 13.8. The second-order valence-corrected chi connectivity index (χ2v) is 5.16. The van der Waals surface area contributed by atoms with Crippen LogP contribution in [0.3, 0.4) is 0 Å². The second kappa shape index (κ2) is 6.04. The maximum absolute atomic E-state index is 11.1. The molecule has 1 heterocycles. The first-order chi connectivity index (χ1) is 9.04. The lowest BCUT2D eigenvalue weighted by Crippen LogP contribution is -2.27. The van der Waals surface area contributed by atoms with Crippen molar-refractivity contribution in [2.75, 3.05) is 20.1 Å². The molecule has 0 aliphatic carbocycles. The highest BCUT2D eigenvalue weighted by Crippen LogP contribution is 2.12. The Balaban J connectivity index is 1.92. The molecule has 2 aromatic rings. The Morgan fingerprint density at radius 1 is 1.42 bits per heavy atom. The summed E-state index contributed by atoms with van der Waals surface area (Å²) in [7, 11) is 2.10. The van der Waals surface area contributed by atoms with Gasteiger partial charge in [0.1, 0.15) is 0 Å². The fraction of sp³-hybridized carbons (Fsp3) is 0.500. The molecule has 1 unspecified atom stereocenters. The molecule has 5 heteroatoms. The Morgan fingerprint density at radius 3 is 2.95 bits per heavy atom. The first-order valence-electron chi connectivity index (χ1n) is 6.60. The topological polar surface area (TPSA) is 75.3 Å². The molecule has 1 aromatic carbocycles. The minimum absolute atomic E-state index is 0.245. The van der Waals surface area contributed by atoms with Crippen molar-refractivity contribution >= 4 is 11.1 Å². The van der Waals surface area contributed by atoms with E-state index in [1.165, 1.54) is 5.56 Å². The van der Waals surface area contributed by atoms with Crippen LogP contribution < -0.4 is 11.5 Å². The molecule has 0 bridgehead atoms. The van der Waals surface area contributed by atoms with Crippen LogP contribution in [0.4, 0.5) is 0 Å². The molecule has 0 amide bonds. The third kappa shape index (κ3) is 3.94. The maximum Gasteiger partial charge on any atom is 0.417 e. The Kier molecular flexibility index (Phi) is 4.39. The van der Waals surface area contributed by atoms with E-state index in [1.54, 1.807) is 0 Å². The van der Waals surface area contributed by atoms with Gasteiger partial charge in [0.15, 0.2) is 5.58 Å². The minimum Gasteiger partial charge on any atom is -0.408 e. The smallest absolute Gasteiger partial charge is 0.408 e. The maximum atomic E-state index is 11.1. The van der Waals surface area contributed by atoms with Gasteiger partial charge in [-0.2, -0.15) is 0 Å². The van der Waals surface area contributed by atoms with Crippen LogP contribution in [0, 0.1) is 0 Å². The highest BCUT2D eigenvalue weighted by molar-refractivity contribution is 5.72. The number of nitrogens with one attached hydrogen (secondary N) is 1. The monoisotopic (exact) mass is 263 g/mol. The van der Waals surface area contributed by atoms with Crippen molar-refractivity contribution in [2.24, 2.45) is 5.73 Å². The summed E-state index contributed by atoms with van der Waals surface area (Å²) < 4.78 is 4.98. The van der Waals surface area contributed by atoms with E-state index < -0.39 is 5.76 Å². The largest absolute Gasteiger partial charge is 0.417 e. The zero-order chi connectivity index (χ0) is 13.8. The van der Waals surface area contributed by atoms with E-state index in [1.807, 2.05) is 25.1 Å². The van der Waals surface area contributed by atoms with Crippen molar-refractivity contribution in [3.63, 3.8) is 0 Å². The van der Waals surface area contributed by atoms with Gasteiger partial charge in [-0.3, -0.25) is 4.98 Å². The molecule has 5 nitrogen and oxygen atoms in total. The third-order valence-corrected chi connectivity index (χ3v) is 3.23. The van der Waals surface area contributed by atoms with Crippen LogP contribution >= 0.6 is 0 Å². The van der Waals surface area contributed by atoms with E-state index in [0.717, 1.165) is 31.4 Å². The summed E-state index contributed by atoms with van der Waals surface area (Å²) in [5, 5.41) is 0. The van der Waals surface area contributed by atoms with E-state index in [9.17, 15) is 4.79 Å². The highest BCUT2D eigenvalue weighted by atomic mass is 16.4. The summed E-state index contributed by atoms with van der Waals surface area (Å²) in [5.74, 6) is -0.402. The van der Waals surface area contributed by atoms with Crippen LogP contribution in [0.1, 0.15) is 18.9 Å². The van der Waals surface area contributed by atoms with E-state index in [-0.39, 0.29) is 6.04 Å². The third-order valence-electron chi connectivity index (χ3n) is 3.23. The predicted molar refractivity (Wildman–Crippen MR) is 76.3 cm³/mol. The van der Waals surface area contributed by atoms with Gasteiger partial charge in [0, 0.05) is 12.6 Å². The molecular formula is C14H21N3O2. The Hall–Kier alpha value is -1.59. The van der Waals surface area contributed by atoms with Crippen molar-refractivity contribution in [1.82, 2.24) is 9.88 Å². The number of oxazole rings is 1. The van der Waals surface area contributed by atoms with Gasteiger partial charge in [0.05, 0.1) is 5.52 Å². The van der Waals surface area contributed by atoms with Crippen LogP contribution in [0.5, 0.6) is 0 Å². The molecule has 19 heavy (non-hydrogen) atoms. The Morgan fingerprint density at radius 2 is 2.21 bits per heavy atom. The lowest BCUT2D eigenvalue weighted by molar-refractivity contribution is 0.324. The van der Waals surface area contributed by atoms with E-state index in [4.69, 9.17) is 10.2 Å². The van der Waals surface area contributed by atoms with Crippen LogP contribution in [-0.4, -0.2) is 36.1 Å². The molecule has 104 valence electrons. The molecule has 0 aliphatic heterocycles. The van der Waals surface area contributed by atoms with Crippen LogP contribution in [0.25, 0.3) is 11.1 Å². The first-order valence-corrected chi connectivity index (χ1v) is 6.60. The van der Waals surface area contributed by atoms with Gasteiger partial charge in [-0.15, -0.1) is 0 Å². The van der Waals surface area contributed by atoms with Crippen molar-refractivity contribution in [3.05, 3.63) is 34.3 Å². The predicted octanol–water partition coefficient (Wildman–Crippen LogP) is 1.33. The number of likely N-dealkylation sites (N-methyl/N-ethyl adjacent to an activating group) is 1. The van der Waals surface area contributed by atoms with E-state index in [2.05, 4.69) is 16.9 Å². The lowest BCUT2D eigenvalue weighted by atomic mass is 10.1. The van der Waals surface area contributed by atoms with Gasteiger partial charge in [-0.25, -0.2) is 4.79 Å². The molecular weight excluding hydrogens is 242 g/mol. The van der Waals surface area contributed by atoms with Crippen LogP contribution in [-0.2, 0) is 6.42 Å². The number of H-pyrrole nitrogens is 1. The van der Waals surface area contributed by atoms with E-state index >= 15 is 0 Å². The number of rotatable bonds is 6. The zero-order valence-corrected chi connectivity index (χ0v) is 11.5. The number of aromatic nitrogens is 1. The van der Waals surface area contributed by atoms with Crippen molar-refractivity contribution in [2.45, 2.75) is 25.8 Å². The molecule has 0 radical (unpaired) electrons. The highest BCUT2D eigenvalue weighted by Gasteiger charge is 2.04. The van der Waals surface area contributed by atoms with Crippen molar-refractivity contribution < 1.29 is 4.42 Å². The molecule has 0 saturated heterocycles. The van der Waals surface area contributed by atoms with Crippen molar-refractivity contribution in [3.8, 4) is 0 Å². The molecule has 1 atom stereocenters. The molecule has 0 fully saturated rings. The van der Waals surface area contributed by atoms with E-state index in [0.29, 0.717) is 5.58 Å². The molecule has 1 aromatic heterocycles. The fourth-order valence-electron chi connectivity index (χ4n) is 2.01. The van der Waals surface area contributed by atoms with Crippen LogP contribution in [0.15, 0.2) is 27.4 Å². The van der Waals surface area contributed by atoms with Gasteiger partial charge in [0.25, 0.3) is 0 Å². The molecule has 0 aliphatic rings. The number of fused-ring (bicyclic) bond motifs is 1. The average Bonchev–Trinajstić information content (AvgIpc) is 2.73. The van der Waals surface area contributed by atoms with Gasteiger partial charge >= 0.3 is 5.76 Å². The standard InChI is InChI=1S/C14H21N3O2/c1-10(15)5-7-17(2)8-6-11-3-4-13-12(9-11)16-14(18)19-13/h3-4,9-10H,5-8,15H2,1-2H3,(H,16,18). The Labute approximate surface area is 112 Å². The van der Waals surface area contributed by atoms with Gasteiger partial charge in [-0.05, 0) is 51.1 Å². The number of aromatic amines is 1. The van der Waals surface area contributed by atoms with Gasteiger partial charge in [-0.1, -0.05) is 6.07 Å². The number of hydrogen-bond acceptors (Lipinski definition) is 4. The van der Waals surface area contributed by atoms with Gasteiger partial charge in [0.2, 0.25) is 0 Å². The summed E-state index contributed by atoms with van der Waals surface area (Å²) >= 11 is 0. The zero-order valence-electron chi connectivity index (χ0n) is 11.5.